The smallest absolute Gasteiger partial charge is 0.269 e. The predicted molar refractivity (Wildman–Crippen MR) is 513 cm³/mol. The van der Waals surface area contributed by atoms with Crippen molar-refractivity contribution in [1.29, 1.82) is 0 Å². The van der Waals surface area contributed by atoms with Crippen LogP contribution in [0.4, 0.5) is 5.69 Å². The number of hydrogen-bond acceptors (Lipinski definition) is 11. The number of halogens is 1. The van der Waals surface area contributed by atoms with Crippen LogP contribution in [-0.4, -0.2) is 58.3 Å². The number of nitro benzene ring substituents is 1. The number of ketones is 8. The number of rotatable bonds is 20. The summed E-state index contributed by atoms with van der Waals surface area (Å²) in [5, 5.41) is 11.1. The van der Waals surface area contributed by atoms with E-state index in [4.69, 9.17) is 16.3 Å². The lowest BCUT2D eigenvalue weighted by atomic mass is 9.99. The van der Waals surface area contributed by atoms with Crippen LogP contribution in [0.2, 0.25) is 5.02 Å². The van der Waals surface area contributed by atoms with E-state index in [1.54, 1.807) is 92.0 Å². The number of non-ortho nitro benzene ring substituents is 1. The first kappa shape index (κ1) is 93.9. The van der Waals surface area contributed by atoms with Crippen LogP contribution in [0, 0.1) is 24.0 Å². The first-order valence-electron chi connectivity index (χ1n) is 41.2. The van der Waals surface area contributed by atoms with Gasteiger partial charge in [0.15, 0.2) is 46.3 Å². The average molecular weight is 1700 g/mol. The van der Waals surface area contributed by atoms with Crippen LogP contribution in [0.1, 0.15) is 151 Å². The number of ether oxygens (including phenoxy) is 1. The van der Waals surface area contributed by atoms with Crippen molar-refractivity contribution < 1.29 is 48.0 Å². The Morgan fingerprint density at radius 1 is 0.234 bits per heavy atom. The second kappa shape index (κ2) is 50.2. The molecule has 630 valence electrons. The van der Waals surface area contributed by atoms with Gasteiger partial charge in [-0.05, 0) is 97.6 Å². The monoisotopic (exact) mass is 1700 g/mol. The Labute approximate surface area is 751 Å². The molecule has 0 heterocycles. The standard InChI is InChI=1S/C19H14O.C15H14O.C14H12O2.2C14H12O.C13H9ClO.C13H9NO3.C13H10O/c20-19(17-9-5-2-6-10-17)18-13-11-16(12-14-18)15-7-3-1-4-8-15;1-2-12-8-10-14(11-9-12)15(16)13-6-4-3-5-7-13;1-16-13-9-7-12(8-10-13)14(15)11-5-3-2-4-6-11;2*1-11-7-9-13(10-8-11)14(15)12-5-3-2-4-6-12;14-12-8-6-11(7-9-12)13(15)10-4-2-1-3-5-10;15-13(10-4-2-1-3-5-10)11-6-8-12(9-7-11)14(16)17;14-13(11-7-3-1-4-8-11)12-9-5-2-6-10-12/h1-14H;3-11H,2H2,1H3;2-10H,1H3;2*2-10H,1H3;1-9H;1-9H;1-10H. The molecule has 0 atom stereocenters. The summed E-state index contributed by atoms with van der Waals surface area (Å²) in [6.07, 6.45) is 1.000. The molecule has 12 nitrogen and oxygen atoms in total. The normalized spacial score (nSPS) is 9.95. The van der Waals surface area contributed by atoms with Crippen LogP contribution in [0.3, 0.4) is 0 Å². The fourth-order valence-corrected chi connectivity index (χ4v) is 12.6. The Bertz CT molecular complexity index is 5990. The molecule has 0 aliphatic heterocycles. The molecular weight excluding hydrogens is 1610 g/mol. The summed E-state index contributed by atoms with van der Waals surface area (Å²) in [6, 6.07) is 144. The maximum absolute atomic E-state index is 12.3. The molecule has 17 aromatic rings. The quantitative estimate of drug-likeness (QED) is 0.0401. The highest BCUT2D eigenvalue weighted by atomic mass is 35.5. The van der Waals surface area contributed by atoms with E-state index in [9.17, 15) is 48.5 Å². The third kappa shape index (κ3) is 29.4. The number of methoxy groups -OCH3 is 1. The number of carbonyl (C=O) groups excluding carboxylic acids is 8. The summed E-state index contributed by atoms with van der Waals surface area (Å²) in [5.41, 5.74) is 17.0. The topological polar surface area (TPSA) is 189 Å². The van der Waals surface area contributed by atoms with Gasteiger partial charge in [-0.25, -0.2) is 0 Å². The SMILES string of the molecule is CCc1ccc(C(=O)c2ccccc2)cc1.COc1ccc(C(=O)c2ccccc2)cc1.Cc1ccc(C(=O)c2ccccc2)cc1.Cc1ccc(C(=O)c2ccccc2)cc1.O=C(c1ccccc1)c1ccc(-c2ccccc2)cc1.O=C(c1ccccc1)c1ccc(Cl)cc1.O=C(c1ccccc1)c1ccc([N+](=O)[O-])cc1.O=C(c1ccccc1)c1ccccc1. The summed E-state index contributed by atoms with van der Waals surface area (Å²) >= 11 is 5.75. The fraction of sp³-hybridized carbons (Fsp3) is 0.0435. The van der Waals surface area contributed by atoms with Gasteiger partial charge >= 0.3 is 0 Å². The van der Waals surface area contributed by atoms with E-state index in [0.717, 1.165) is 78.9 Å². The minimum Gasteiger partial charge on any atom is -0.497 e. The molecule has 0 aliphatic rings. The summed E-state index contributed by atoms with van der Waals surface area (Å²) in [7, 11) is 1.61. The largest absolute Gasteiger partial charge is 0.497 e. The van der Waals surface area contributed by atoms with E-state index in [1.165, 1.54) is 41.0 Å². The van der Waals surface area contributed by atoms with Gasteiger partial charge in [-0.2, -0.15) is 0 Å². The molecule has 13 heteroatoms. The molecule has 0 N–H and O–H groups in total. The van der Waals surface area contributed by atoms with Crippen LogP contribution in [0.25, 0.3) is 11.1 Å². The molecule has 128 heavy (non-hydrogen) atoms. The fourth-order valence-electron chi connectivity index (χ4n) is 12.5. The van der Waals surface area contributed by atoms with E-state index >= 15 is 0 Å². The molecule has 0 saturated carbocycles. The lowest BCUT2D eigenvalue weighted by Gasteiger charge is -2.04. The zero-order chi connectivity index (χ0) is 90.6. The summed E-state index contributed by atoms with van der Waals surface area (Å²) in [4.78, 5) is 106. The molecule has 0 aromatic heterocycles. The predicted octanol–water partition coefficient (Wildman–Crippen LogP) is 26.8. The van der Waals surface area contributed by atoms with Crippen LogP contribution in [0.15, 0.2) is 473 Å². The molecule has 0 amide bonds. The lowest BCUT2D eigenvalue weighted by molar-refractivity contribution is -0.384. The molecule has 0 radical (unpaired) electrons. The van der Waals surface area contributed by atoms with Crippen molar-refractivity contribution in [2.24, 2.45) is 0 Å². The number of hydrogen-bond donors (Lipinski definition) is 0. The van der Waals surface area contributed by atoms with Gasteiger partial charge in [0.1, 0.15) is 5.75 Å². The van der Waals surface area contributed by atoms with Gasteiger partial charge in [0.25, 0.3) is 5.69 Å². The van der Waals surface area contributed by atoms with E-state index in [1.807, 2.05) is 366 Å². The zero-order valence-corrected chi connectivity index (χ0v) is 71.8. The highest BCUT2D eigenvalue weighted by Gasteiger charge is 2.16. The van der Waals surface area contributed by atoms with Gasteiger partial charge in [-0.1, -0.05) is 430 Å². The number of benzene rings is 17. The lowest BCUT2D eigenvalue weighted by Crippen LogP contribution is -2.00. The third-order valence-corrected chi connectivity index (χ3v) is 19.9. The molecular formula is C115H92ClNO11. The number of nitrogens with zero attached hydrogens (tertiary/aromatic N) is 1. The van der Waals surface area contributed by atoms with E-state index in [-0.39, 0.29) is 52.0 Å². The maximum atomic E-state index is 12.3. The van der Waals surface area contributed by atoms with Crippen LogP contribution >= 0.6 is 11.6 Å². The number of carbonyl (C=O) groups is 8. The maximum Gasteiger partial charge on any atom is 0.269 e. The number of aryl methyl sites for hydroxylation is 3. The molecule has 0 aliphatic carbocycles. The van der Waals surface area contributed by atoms with Gasteiger partial charge in [-0.3, -0.25) is 48.5 Å². The minimum atomic E-state index is -0.489. The first-order chi connectivity index (χ1) is 62.3. The summed E-state index contributed by atoms with van der Waals surface area (Å²) < 4.78 is 5.04. The third-order valence-electron chi connectivity index (χ3n) is 19.6. The molecule has 0 saturated heterocycles. The zero-order valence-electron chi connectivity index (χ0n) is 71.1. The van der Waals surface area contributed by atoms with Gasteiger partial charge < -0.3 is 4.74 Å². The molecule has 17 rings (SSSR count). The van der Waals surface area contributed by atoms with Crippen LogP contribution in [0.5, 0.6) is 5.75 Å². The Kier molecular flexibility index (Phi) is 36.8. The molecule has 0 spiro atoms. The second-order valence-corrected chi connectivity index (χ2v) is 29.1. The van der Waals surface area contributed by atoms with Gasteiger partial charge in [0, 0.05) is 106 Å². The van der Waals surface area contributed by atoms with Crippen molar-refractivity contribution in [2.45, 2.75) is 27.2 Å². The van der Waals surface area contributed by atoms with E-state index in [0.29, 0.717) is 38.4 Å². The summed E-state index contributed by atoms with van der Waals surface area (Å²) in [6.45, 7) is 6.13. The Hall–Kier alpha value is -16.4. The summed E-state index contributed by atoms with van der Waals surface area (Å²) in [5.74, 6) is 1.05. The van der Waals surface area contributed by atoms with Crippen molar-refractivity contribution in [2.75, 3.05) is 7.11 Å². The van der Waals surface area contributed by atoms with Crippen molar-refractivity contribution in [3.63, 3.8) is 0 Å². The first-order valence-corrected chi connectivity index (χ1v) is 41.6. The molecule has 17 aromatic carbocycles. The van der Waals surface area contributed by atoms with E-state index in [2.05, 4.69) is 19.1 Å². The Morgan fingerprint density at radius 2 is 0.406 bits per heavy atom. The second-order valence-electron chi connectivity index (χ2n) is 28.7. The average Bonchev–Trinajstić information content (AvgIpc) is 0.830. The van der Waals surface area contributed by atoms with Gasteiger partial charge in [0.2, 0.25) is 0 Å². The van der Waals surface area contributed by atoms with Crippen LogP contribution in [-0.2, 0) is 6.42 Å². The van der Waals surface area contributed by atoms with Gasteiger partial charge in [0.05, 0.1) is 12.0 Å². The van der Waals surface area contributed by atoms with Crippen molar-refractivity contribution >= 4 is 63.6 Å². The number of nitro groups is 1. The van der Waals surface area contributed by atoms with Crippen LogP contribution < -0.4 is 4.74 Å². The van der Waals surface area contributed by atoms with Crippen molar-refractivity contribution in [3.8, 4) is 16.9 Å². The van der Waals surface area contributed by atoms with Gasteiger partial charge in [-0.15, -0.1) is 0 Å². The molecule has 0 unspecified atom stereocenters. The highest BCUT2D eigenvalue weighted by molar-refractivity contribution is 6.30. The van der Waals surface area contributed by atoms with Crippen molar-refractivity contribution in [1.82, 2.24) is 0 Å². The molecule has 0 fully saturated rings. The van der Waals surface area contributed by atoms with Crippen molar-refractivity contribution in [3.05, 3.63) is 594 Å². The minimum absolute atomic E-state index is 0.0189. The molecule has 0 bridgehead atoms. The Balaban J connectivity index is 0.000000153. The highest BCUT2D eigenvalue weighted by Crippen LogP contribution is 2.24. The Morgan fingerprint density at radius 3 is 0.617 bits per heavy atom. The van der Waals surface area contributed by atoms with E-state index < -0.39 is 4.92 Å².